The number of rotatable bonds is 3. The van der Waals surface area contributed by atoms with Crippen LogP contribution < -0.4 is 0 Å². The van der Waals surface area contributed by atoms with Crippen LogP contribution in [0, 0.1) is 5.92 Å². The third-order valence-corrected chi connectivity index (χ3v) is 2.50. The van der Waals surface area contributed by atoms with Crippen LogP contribution in [0.25, 0.3) is 0 Å². The van der Waals surface area contributed by atoms with Crippen molar-refractivity contribution >= 4 is 0 Å². The maximum atomic E-state index is 12.5. The van der Waals surface area contributed by atoms with Gasteiger partial charge in [-0.2, -0.15) is 13.2 Å². The van der Waals surface area contributed by atoms with Gasteiger partial charge in [-0.25, -0.2) is 0 Å². The Morgan fingerprint density at radius 2 is 1.81 bits per heavy atom. The molecule has 1 radical (unpaired) electrons. The van der Waals surface area contributed by atoms with Gasteiger partial charge in [-0.1, -0.05) is 33.3 Å². The van der Waals surface area contributed by atoms with E-state index in [4.69, 9.17) is 0 Å². The van der Waals surface area contributed by atoms with Gasteiger partial charge in [-0.15, -0.1) is 0 Å². The second kappa shape index (κ2) is 4.89. The van der Waals surface area contributed by atoms with E-state index in [0.29, 0.717) is 0 Å². The SMILES string of the molecule is CCCc1ccc(C(F)(F)F)cc1[C](C)C. The van der Waals surface area contributed by atoms with Gasteiger partial charge in [-0.05, 0) is 35.6 Å². The Hall–Kier alpha value is -0.990. The van der Waals surface area contributed by atoms with Gasteiger partial charge in [-0.3, -0.25) is 0 Å². The maximum absolute atomic E-state index is 12.5. The Morgan fingerprint density at radius 1 is 1.19 bits per heavy atom. The Kier molecular flexibility index (Phi) is 4.00. The summed E-state index contributed by atoms with van der Waals surface area (Å²) in [5.74, 6) is 0.926. The topological polar surface area (TPSA) is 0 Å². The van der Waals surface area contributed by atoms with Crippen LogP contribution in [0.5, 0.6) is 0 Å². The lowest BCUT2D eigenvalue weighted by Gasteiger charge is -2.15. The molecule has 0 aliphatic carbocycles. The first kappa shape index (κ1) is 13.1. The Bertz CT molecular complexity index is 351. The molecule has 0 aliphatic heterocycles. The third-order valence-electron chi connectivity index (χ3n) is 2.50. The van der Waals surface area contributed by atoms with Gasteiger partial charge in [0.2, 0.25) is 0 Å². The normalized spacial score (nSPS) is 12.2. The highest BCUT2D eigenvalue weighted by Gasteiger charge is 2.31. The molecule has 0 N–H and O–H groups in total. The van der Waals surface area contributed by atoms with Gasteiger partial charge in [0.25, 0.3) is 0 Å². The minimum Gasteiger partial charge on any atom is -0.166 e. The van der Waals surface area contributed by atoms with Gasteiger partial charge >= 0.3 is 6.18 Å². The van der Waals surface area contributed by atoms with Crippen LogP contribution in [0.1, 0.15) is 43.9 Å². The molecule has 0 saturated carbocycles. The number of benzene rings is 1. The van der Waals surface area contributed by atoms with Crippen LogP contribution in [0.3, 0.4) is 0 Å². The quantitative estimate of drug-likeness (QED) is 0.709. The van der Waals surface area contributed by atoms with E-state index in [1.807, 2.05) is 20.8 Å². The lowest BCUT2D eigenvalue weighted by atomic mass is 9.92. The molecule has 1 rings (SSSR count). The van der Waals surface area contributed by atoms with E-state index in [2.05, 4.69) is 0 Å². The van der Waals surface area contributed by atoms with Gasteiger partial charge in [0, 0.05) is 0 Å². The molecule has 0 saturated heterocycles. The van der Waals surface area contributed by atoms with Crippen molar-refractivity contribution < 1.29 is 13.2 Å². The molecule has 0 heterocycles. The number of hydrogen-bond acceptors (Lipinski definition) is 0. The second-order valence-electron chi connectivity index (χ2n) is 4.12. The van der Waals surface area contributed by atoms with Crippen molar-refractivity contribution in [2.24, 2.45) is 0 Å². The highest BCUT2D eigenvalue weighted by molar-refractivity contribution is 5.41. The average Bonchev–Trinajstić information content (AvgIpc) is 2.16. The highest BCUT2D eigenvalue weighted by atomic mass is 19.4. The zero-order valence-corrected chi connectivity index (χ0v) is 9.78. The summed E-state index contributed by atoms with van der Waals surface area (Å²) in [4.78, 5) is 0. The second-order valence-corrected chi connectivity index (χ2v) is 4.12. The van der Waals surface area contributed by atoms with Gasteiger partial charge < -0.3 is 0 Å². The molecule has 1 aromatic rings. The molecule has 89 valence electrons. The van der Waals surface area contributed by atoms with Crippen LogP contribution in [-0.2, 0) is 12.6 Å². The summed E-state index contributed by atoms with van der Waals surface area (Å²) < 4.78 is 37.6. The summed E-state index contributed by atoms with van der Waals surface area (Å²) in [6.07, 6.45) is -2.50. The molecule has 0 amide bonds. The Labute approximate surface area is 94.5 Å². The lowest BCUT2D eigenvalue weighted by molar-refractivity contribution is -0.137. The summed E-state index contributed by atoms with van der Waals surface area (Å²) >= 11 is 0. The minimum absolute atomic E-state index is 0.566. The van der Waals surface area contributed by atoms with Crippen LogP contribution in [0.4, 0.5) is 13.2 Å². The van der Waals surface area contributed by atoms with Crippen LogP contribution in [0.2, 0.25) is 0 Å². The van der Waals surface area contributed by atoms with E-state index in [9.17, 15) is 13.2 Å². The molecule has 16 heavy (non-hydrogen) atoms. The maximum Gasteiger partial charge on any atom is 0.416 e. The fourth-order valence-corrected chi connectivity index (χ4v) is 1.71. The highest BCUT2D eigenvalue weighted by Crippen LogP contribution is 2.32. The number of aryl methyl sites for hydroxylation is 1. The molecule has 3 heteroatoms. The Balaban J connectivity index is 3.17. The molecule has 0 bridgehead atoms. The molecule has 0 atom stereocenters. The largest absolute Gasteiger partial charge is 0.416 e. The summed E-state index contributed by atoms with van der Waals surface area (Å²) in [5, 5.41) is 0. The number of halogens is 3. The average molecular weight is 229 g/mol. The fraction of sp³-hybridized carbons (Fsp3) is 0.462. The molecular weight excluding hydrogens is 213 g/mol. The first-order valence-corrected chi connectivity index (χ1v) is 5.37. The summed E-state index contributed by atoms with van der Waals surface area (Å²) in [7, 11) is 0. The lowest BCUT2D eigenvalue weighted by Crippen LogP contribution is -2.07. The molecular formula is C13H16F3. The van der Waals surface area contributed by atoms with E-state index in [1.54, 1.807) is 6.07 Å². The fourth-order valence-electron chi connectivity index (χ4n) is 1.71. The molecule has 1 aromatic carbocycles. The van der Waals surface area contributed by atoms with Crippen molar-refractivity contribution in [2.75, 3.05) is 0 Å². The van der Waals surface area contributed by atoms with Crippen molar-refractivity contribution in [3.8, 4) is 0 Å². The van der Waals surface area contributed by atoms with E-state index >= 15 is 0 Å². The zero-order chi connectivity index (χ0) is 12.3. The van der Waals surface area contributed by atoms with Gasteiger partial charge in [0.05, 0.1) is 5.56 Å². The standard InChI is InChI=1S/C13H16F3/c1-4-5-10-6-7-11(13(14,15)16)8-12(10)9(2)3/h6-8H,4-5H2,1-3H3. The monoisotopic (exact) mass is 229 g/mol. The van der Waals surface area contributed by atoms with Gasteiger partial charge in [0.15, 0.2) is 0 Å². The summed E-state index contributed by atoms with van der Waals surface area (Å²) in [5.41, 5.74) is 1.16. The zero-order valence-electron chi connectivity index (χ0n) is 9.78. The van der Waals surface area contributed by atoms with Crippen molar-refractivity contribution in [3.05, 3.63) is 40.8 Å². The van der Waals surface area contributed by atoms with Crippen molar-refractivity contribution in [3.63, 3.8) is 0 Å². The van der Waals surface area contributed by atoms with E-state index < -0.39 is 11.7 Å². The van der Waals surface area contributed by atoms with Crippen LogP contribution in [0.15, 0.2) is 18.2 Å². The van der Waals surface area contributed by atoms with Crippen molar-refractivity contribution in [1.82, 2.24) is 0 Å². The molecule has 0 spiro atoms. The molecule has 0 fully saturated rings. The molecule has 0 unspecified atom stereocenters. The first-order chi connectivity index (χ1) is 7.36. The minimum atomic E-state index is -4.26. The summed E-state index contributed by atoms with van der Waals surface area (Å²) in [6.45, 7) is 5.70. The predicted molar refractivity (Wildman–Crippen MR) is 59.1 cm³/mol. The first-order valence-electron chi connectivity index (χ1n) is 5.37. The van der Waals surface area contributed by atoms with Crippen molar-refractivity contribution in [1.29, 1.82) is 0 Å². The number of alkyl halides is 3. The predicted octanol–water partition coefficient (Wildman–Crippen LogP) is 4.62. The molecule has 0 nitrogen and oxygen atoms in total. The van der Waals surface area contributed by atoms with Gasteiger partial charge in [0.1, 0.15) is 0 Å². The smallest absolute Gasteiger partial charge is 0.166 e. The van der Waals surface area contributed by atoms with E-state index in [0.717, 1.165) is 36.0 Å². The van der Waals surface area contributed by atoms with Crippen LogP contribution >= 0.6 is 0 Å². The summed E-state index contributed by atoms with van der Waals surface area (Å²) in [6, 6.07) is 4.01. The van der Waals surface area contributed by atoms with Crippen LogP contribution in [-0.4, -0.2) is 0 Å². The van der Waals surface area contributed by atoms with E-state index in [1.165, 1.54) is 6.07 Å². The Morgan fingerprint density at radius 3 is 2.25 bits per heavy atom. The van der Waals surface area contributed by atoms with Crippen molar-refractivity contribution in [2.45, 2.75) is 39.8 Å². The van der Waals surface area contributed by atoms with E-state index in [-0.39, 0.29) is 0 Å². The molecule has 0 aliphatic rings. The molecule has 0 aromatic heterocycles. The number of hydrogen-bond donors (Lipinski definition) is 0. The third kappa shape index (κ3) is 3.00.